The van der Waals surface area contributed by atoms with Gasteiger partial charge in [0.25, 0.3) is 5.91 Å². The number of thiazole rings is 1. The van der Waals surface area contributed by atoms with E-state index in [1.54, 1.807) is 5.38 Å². The number of carbonyl (C=O) groups is 2. The zero-order valence-electron chi connectivity index (χ0n) is 15.7. The van der Waals surface area contributed by atoms with Crippen molar-refractivity contribution in [3.05, 3.63) is 76.3 Å². The largest absolute Gasteiger partial charge is 0.451 e. The van der Waals surface area contributed by atoms with Gasteiger partial charge in [0.15, 0.2) is 17.4 Å². The van der Waals surface area contributed by atoms with Gasteiger partial charge in [-0.2, -0.15) is 0 Å². The van der Waals surface area contributed by atoms with Gasteiger partial charge in [-0.05, 0) is 42.7 Å². The van der Waals surface area contributed by atoms with Crippen LogP contribution in [-0.4, -0.2) is 23.5 Å². The molecule has 0 saturated carbocycles. The molecule has 0 saturated heterocycles. The van der Waals surface area contributed by atoms with Gasteiger partial charge in [-0.25, -0.2) is 9.78 Å². The Morgan fingerprint density at radius 3 is 2.61 bits per heavy atom. The van der Waals surface area contributed by atoms with E-state index in [2.05, 4.69) is 15.6 Å². The predicted octanol–water partition coefficient (Wildman–Crippen LogP) is 4.17. The SMILES string of the molecule is Cc1ccc(NC(=O)COC(=O)c2csc(NCc3ccccc3)n2)cc1C. The molecule has 1 aromatic heterocycles. The fourth-order valence-electron chi connectivity index (χ4n) is 2.44. The molecule has 0 aliphatic heterocycles. The number of amides is 1. The molecule has 2 aromatic carbocycles. The van der Waals surface area contributed by atoms with Crippen molar-refractivity contribution in [2.45, 2.75) is 20.4 Å². The predicted molar refractivity (Wildman–Crippen MR) is 111 cm³/mol. The molecule has 0 fully saturated rings. The quantitative estimate of drug-likeness (QED) is 0.587. The maximum Gasteiger partial charge on any atom is 0.358 e. The van der Waals surface area contributed by atoms with Crippen LogP contribution in [0, 0.1) is 13.8 Å². The minimum atomic E-state index is -0.626. The summed E-state index contributed by atoms with van der Waals surface area (Å²) in [7, 11) is 0. The minimum absolute atomic E-state index is 0.180. The van der Waals surface area contributed by atoms with E-state index in [0.29, 0.717) is 17.4 Å². The summed E-state index contributed by atoms with van der Waals surface area (Å²) in [5, 5.41) is 8.11. The smallest absolute Gasteiger partial charge is 0.358 e. The molecule has 1 heterocycles. The van der Waals surface area contributed by atoms with E-state index in [-0.39, 0.29) is 12.3 Å². The Bertz CT molecular complexity index is 970. The maximum absolute atomic E-state index is 12.1. The zero-order chi connectivity index (χ0) is 19.9. The minimum Gasteiger partial charge on any atom is -0.451 e. The van der Waals surface area contributed by atoms with E-state index < -0.39 is 11.9 Å². The van der Waals surface area contributed by atoms with Crippen LogP contribution in [-0.2, 0) is 16.1 Å². The van der Waals surface area contributed by atoms with Crippen molar-refractivity contribution in [2.75, 3.05) is 17.2 Å². The van der Waals surface area contributed by atoms with Crippen molar-refractivity contribution in [3.8, 4) is 0 Å². The van der Waals surface area contributed by atoms with Crippen LogP contribution >= 0.6 is 11.3 Å². The molecule has 0 aliphatic carbocycles. The summed E-state index contributed by atoms with van der Waals surface area (Å²) in [6.07, 6.45) is 0. The first-order chi connectivity index (χ1) is 13.5. The van der Waals surface area contributed by atoms with E-state index in [1.807, 2.05) is 62.4 Å². The number of aromatic nitrogens is 1. The molecular weight excluding hydrogens is 374 g/mol. The van der Waals surface area contributed by atoms with Crippen LogP contribution in [0.2, 0.25) is 0 Å². The molecule has 0 bridgehead atoms. The molecule has 0 spiro atoms. The Labute approximate surface area is 167 Å². The normalized spacial score (nSPS) is 10.4. The monoisotopic (exact) mass is 395 g/mol. The van der Waals surface area contributed by atoms with Gasteiger partial charge in [-0.15, -0.1) is 11.3 Å². The molecule has 0 unspecified atom stereocenters. The van der Waals surface area contributed by atoms with Crippen molar-refractivity contribution in [1.29, 1.82) is 0 Å². The molecule has 6 nitrogen and oxygen atoms in total. The fourth-order valence-corrected chi connectivity index (χ4v) is 3.12. The molecule has 0 radical (unpaired) electrons. The molecule has 0 aliphatic rings. The van der Waals surface area contributed by atoms with Crippen molar-refractivity contribution in [1.82, 2.24) is 4.98 Å². The number of anilines is 2. The van der Waals surface area contributed by atoms with Crippen LogP contribution in [0.5, 0.6) is 0 Å². The highest BCUT2D eigenvalue weighted by Crippen LogP contribution is 2.17. The highest BCUT2D eigenvalue weighted by Gasteiger charge is 2.14. The first-order valence-corrected chi connectivity index (χ1v) is 9.67. The number of esters is 1. The van der Waals surface area contributed by atoms with E-state index in [4.69, 9.17) is 4.74 Å². The van der Waals surface area contributed by atoms with Gasteiger partial charge in [-0.1, -0.05) is 36.4 Å². The highest BCUT2D eigenvalue weighted by atomic mass is 32.1. The van der Waals surface area contributed by atoms with Gasteiger partial charge in [0, 0.05) is 17.6 Å². The van der Waals surface area contributed by atoms with Crippen LogP contribution < -0.4 is 10.6 Å². The third-order valence-electron chi connectivity index (χ3n) is 4.12. The Morgan fingerprint density at radius 2 is 1.86 bits per heavy atom. The first-order valence-electron chi connectivity index (χ1n) is 8.79. The first kappa shape index (κ1) is 19.6. The van der Waals surface area contributed by atoms with E-state index in [1.165, 1.54) is 11.3 Å². The number of hydrogen-bond acceptors (Lipinski definition) is 6. The molecule has 144 valence electrons. The fraction of sp³-hybridized carbons (Fsp3) is 0.190. The van der Waals surface area contributed by atoms with E-state index in [9.17, 15) is 9.59 Å². The lowest BCUT2D eigenvalue weighted by molar-refractivity contribution is -0.119. The zero-order valence-corrected chi connectivity index (χ0v) is 16.5. The molecular formula is C21H21N3O3S. The number of nitrogens with one attached hydrogen (secondary N) is 2. The molecule has 3 aromatic rings. The number of hydrogen-bond donors (Lipinski definition) is 2. The Morgan fingerprint density at radius 1 is 1.07 bits per heavy atom. The van der Waals surface area contributed by atoms with E-state index in [0.717, 1.165) is 16.7 Å². The molecule has 1 amide bonds. The van der Waals surface area contributed by atoms with Crippen molar-refractivity contribution >= 4 is 34.0 Å². The van der Waals surface area contributed by atoms with Gasteiger partial charge in [0.05, 0.1) is 0 Å². The van der Waals surface area contributed by atoms with Crippen LogP contribution in [0.4, 0.5) is 10.8 Å². The third kappa shape index (κ3) is 5.40. The summed E-state index contributed by atoms with van der Waals surface area (Å²) in [5.41, 5.74) is 4.19. The summed E-state index contributed by atoms with van der Waals surface area (Å²) >= 11 is 1.31. The molecule has 7 heteroatoms. The molecule has 2 N–H and O–H groups in total. The molecule has 3 rings (SSSR count). The summed E-state index contributed by atoms with van der Waals surface area (Å²) in [4.78, 5) is 28.3. The third-order valence-corrected chi connectivity index (χ3v) is 4.92. The average Bonchev–Trinajstić information content (AvgIpc) is 3.17. The Kier molecular flexibility index (Phi) is 6.39. The van der Waals surface area contributed by atoms with Gasteiger partial charge >= 0.3 is 5.97 Å². The summed E-state index contributed by atoms with van der Waals surface area (Å²) < 4.78 is 5.06. The Hall–Kier alpha value is -3.19. The molecule has 0 atom stereocenters. The van der Waals surface area contributed by atoms with Gasteiger partial charge in [-0.3, -0.25) is 4.79 Å². The van der Waals surface area contributed by atoms with Gasteiger partial charge < -0.3 is 15.4 Å². The number of rotatable bonds is 7. The summed E-state index contributed by atoms with van der Waals surface area (Å²) in [6, 6.07) is 15.5. The van der Waals surface area contributed by atoms with Crippen LogP contribution in [0.15, 0.2) is 53.9 Å². The number of nitrogens with zero attached hydrogens (tertiary/aromatic N) is 1. The van der Waals surface area contributed by atoms with Crippen molar-refractivity contribution in [3.63, 3.8) is 0 Å². The second kappa shape index (κ2) is 9.14. The Balaban J connectivity index is 1.47. The molecule has 28 heavy (non-hydrogen) atoms. The lowest BCUT2D eigenvalue weighted by Gasteiger charge is -2.08. The van der Waals surface area contributed by atoms with Crippen molar-refractivity contribution < 1.29 is 14.3 Å². The maximum atomic E-state index is 12.1. The lowest BCUT2D eigenvalue weighted by Crippen LogP contribution is -2.21. The number of carbonyl (C=O) groups excluding carboxylic acids is 2. The number of ether oxygens (including phenoxy) is 1. The summed E-state index contributed by atoms with van der Waals surface area (Å²) in [6.45, 7) is 4.22. The standard InChI is InChI=1S/C21H21N3O3S/c1-14-8-9-17(10-15(14)2)23-19(25)12-27-20(26)18-13-28-21(24-18)22-11-16-6-4-3-5-7-16/h3-10,13H,11-12H2,1-2H3,(H,22,24)(H,23,25). The second-order valence-electron chi connectivity index (χ2n) is 6.30. The average molecular weight is 395 g/mol. The van der Waals surface area contributed by atoms with Gasteiger partial charge in [0.1, 0.15) is 0 Å². The highest BCUT2D eigenvalue weighted by molar-refractivity contribution is 7.13. The summed E-state index contributed by atoms with van der Waals surface area (Å²) in [5.74, 6) is -1.02. The van der Waals surface area contributed by atoms with Crippen LogP contribution in [0.1, 0.15) is 27.2 Å². The topological polar surface area (TPSA) is 80.3 Å². The van der Waals surface area contributed by atoms with E-state index >= 15 is 0 Å². The second-order valence-corrected chi connectivity index (χ2v) is 7.16. The number of aryl methyl sites for hydroxylation is 2. The van der Waals surface area contributed by atoms with Crippen molar-refractivity contribution in [2.24, 2.45) is 0 Å². The van der Waals surface area contributed by atoms with Gasteiger partial charge in [0.2, 0.25) is 0 Å². The van der Waals surface area contributed by atoms with Crippen LogP contribution in [0.25, 0.3) is 0 Å². The van der Waals surface area contributed by atoms with Crippen LogP contribution in [0.3, 0.4) is 0 Å². The number of benzene rings is 2. The lowest BCUT2D eigenvalue weighted by atomic mass is 10.1.